The quantitative estimate of drug-likeness (QED) is 0.445. The molecule has 2 aliphatic rings. The summed E-state index contributed by atoms with van der Waals surface area (Å²) in [5, 5.41) is 4.42. The molecule has 1 aromatic carbocycles. The van der Waals surface area contributed by atoms with Gasteiger partial charge >= 0.3 is 6.18 Å². The second-order valence-electron chi connectivity index (χ2n) is 8.30. The van der Waals surface area contributed by atoms with Crippen LogP contribution in [0.4, 0.5) is 26.3 Å². The van der Waals surface area contributed by atoms with E-state index < -0.39 is 53.0 Å². The van der Waals surface area contributed by atoms with E-state index in [0.717, 1.165) is 12.1 Å². The van der Waals surface area contributed by atoms with E-state index in [-0.39, 0.29) is 17.8 Å². The first kappa shape index (κ1) is 21.5. The summed E-state index contributed by atoms with van der Waals surface area (Å²) in [6, 6.07) is 0.694. The smallest absolute Gasteiger partial charge is 0.338 e. The number of nitrogens with zero attached hydrogens (tertiary/aromatic N) is 4. The Morgan fingerprint density at radius 1 is 1.15 bits per heavy atom. The summed E-state index contributed by atoms with van der Waals surface area (Å²) in [6.45, 7) is 1.33. The molecule has 0 spiro atoms. The normalized spacial score (nSPS) is 19.8. The molecule has 1 fully saturated rings. The SMILES string of the molecule is Cc1nc(C(=O)N2[C@@H]3CC[C@H]2c2nn(C)c(-c4cc(F)c(F)c(F)c4)c2C3)c(C(F)(F)F)[nH]1. The van der Waals surface area contributed by atoms with E-state index in [0.29, 0.717) is 29.8 Å². The van der Waals surface area contributed by atoms with Gasteiger partial charge in [-0.25, -0.2) is 18.2 Å². The highest BCUT2D eigenvalue weighted by molar-refractivity contribution is 5.95. The maximum absolute atomic E-state index is 13.9. The second-order valence-corrected chi connectivity index (χ2v) is 8.30. The van der Waals surface area contributed by atoms with Crippen molar-refractivity contribution in [3.63, 3.8) is 0 Å². The molecule has 0 aliphatic carbocycles. The van der Waals surface area contributed by atoms with Crippen molar-refractivity contribution in [1.29, 1.82) is 0 Å². The molecule has 2 aliphatic heterocycles. The fourth-order valence-electron chi connectivity index (χ4n) is 4.98. The van der Waals surface area contributed by atoms with E-state index >= 15 is 0 Å². The molecule has 5 rings (SSSR count). The molecule has 174 valence electrons. The number of aromatic amines is 1. The van der Waals surface area contributed by atoms with Crippen LogP contribution in [-0.2, 0) is 19.6 Å². The Hall–Kier alpha value is -3.31. The Labute approximate surface area is 183 Å². The van der Waals surface area contributed by atoms with Gasteiger partial charge in [-0.2, -0.15) is 18.3 Å². The van der Waals surface area contributed by atoms with Crippen LogP contribution in [0.25, 0.3) is 11.3 Å². The van der Waals surface area contributed by atoms with E-state index in [9.17, 15) is 31.1 Å². The number of hydrogen-bond donors (Lipinski definition) is 1. The van der Waals surface area contributed by atoms with Crippen LogP contribution in [0.15, 0.2) is 12.1 Å². The van der Waals surface area contributed by atoms with Crippen LogP contribution in [0.2, 0.25) is 0 Å². The fraction of sp³-hybridized carbons (Fsp3) is 0.381. The van der Waals surface area contributed by atoms with Gasteiger partial charge < -0.3 is 9.88 Å². The zero-order valence-electron chi connectivity index (χ0n) is 17.4. The lowest BCUT2D eigenvalue weighted by molar-refractivity contribution is -0.141. The van der Waals surface area contributed by atoms with Gasteiger partial charge in [-0.15, -0.1) is 0 Å². The average molecular weight is 469 g/mol. The number of hydrogen-bond acceptors (Lipinski definition) is 3. The number of benzene rings is 1. The summed E-state index contributed by atoms with van der Waals surface area (Å²) < 4.78 is 82.8. The highest BCUT2D eigenvalue weighted by atomic mass is 19.4. The van der Waals surface area contributed by atoms with Crippen LogP contribution in [0.5, 0.6) is 0 Å². The lowest BCUT2D eigenvalue weighted by atomic mass is 9.94. The van der Waals surface area contributed by atoms with Crippen molar-refractivity contribution in [2.24, 2.45) is 7.05 Å². The van der Waals surface area contributed by atoms with Crippen molar-refractivity contribution in [2.75, 3.05) is 0 Å². The predicted octanol–water partition coefficient (Wildman–Crippen LogP) is 4.46. The van der Waals surface area contributed by atoms with Crippen molar-refractivity contribution >= 4 is 5.91 Å². The first-order valence-electron chi connectivity index (χ1n) is 10.1. The summed E-state index contributed by atoms with van der Waals surface area (Å²) in [7, 11) is 1.55. The number of aryl methyl sites for hydroxylation is 2. The van der Waals surface area contributed by atoms with E-state index in [1.165, 1.54) is 16.5 Å². The van der Waals surface area contributed by atoms with Gasteiger partial charge in [0.05, 0.1) is 17.4 Å². The Kier molecular flexibility index (Phi) is 4.63. The third kappa shape index (κ3) is 3.22. The number of carbonyl (C=O) groups is 1. The van der Waals surface area contributed by atoms with Crippen molar-refractivity contribution in [2.45, 2.75) is 44.4 Å². The minimum absolute atomic E-state index is 0.0313. The molecule has 1 amide bonds. The van der Waals surface area contributed by atoms with Crippen LogP contribution in [-0.4, -0.2) is 36.6 Å². The summed E-state index contributed by atoms with van der Waals surface area (Å²) in [5.74, 6) is -5.15. The second kappa shape index (κ2) is 7.09. The Bertz CT molecular complexity index is 1270. The fourth-order valence-corrected chi connectivity index (χ4v) is 4.98. The number of alkyl halides is 3. The lowest BCUT2D eigenvalue weighted by Crippen LogP contribution is -2.42. The monoisotopic (exact) mass is 469 g/mol. The van der Waals surface area contributed by atoms with Gasteiger partial charge in [0.2, 0.25) is 0 Å². The minimum atomic E-state index is -4.78. The number of aromatic nitrogens is 4. The van der Waals surface area contributed by atoms with Crippen molar-refractivity contribution < 1.29 is 31.1 Å². The molecule has 33 heavy (non-hydrogen) atoms. The molecule has 0 unspecified atom stereocenters. The van der Waals surface area contributed by atoms with Crippen molar-refractivity contribution in [1.82, 2.24) is 24.6 Å². The molecule has 1 saturated heterocycles. The Balaban J connectivity index is 1.57. The molecule has 1 N–H and O–H groups in total. The number of fused-ring (bicyclic) bond motifs is 4. The number of carbonyl (C=O) groups excluding carboxylic acids is 1. The molecule has 3 aromatic rings. The average Bonchev–Trinajstić information content (AvgIpc) is 3.38. The highest BCUT2D eigenvalue weighted by Gasteiger charge is 2.48. The Morgan fingerprint density at radius 2 is 1.82 bits per heavy atom. The summed E-state index contributed by atoms with van der Waals surface area (Å²) >= 11 is 0. The molecule has 2 aromatic heterocycles. The lowest BCUT2D eigenvalue weighted by Gasteiger charge is -2.34. The molecule has 4 heterocycles. The van der Waals surface area contributed by atoms with Crippen LogP contribution in [0.1, 0.15) is 52.1 Å². The van der Waals surface area contributed by atoms with Crippen LogP contribution in [0.3, 0.4) is 0 Å². The minimum Gasteiger partial charge on any atom is -0.338 e. The van der Waals surface area contributed by atoms with Gasteiger partial charge in [0, 0.05) is 24.2 Å². The van der Waals surface area contributed by atoms with E-state index in [4.69, 9.17) is 0 Å². The summed E-state index contributed by atoms with van der Waals surface area (Å²) in [6.07, 6.45) is -3.56. The van der Waals surface area contributed by atoms with Gasteiger partial charge in [-0.05, 0) is 38.3 Å². The topological polar surface area (TPSA) is 66.8 Å². The zero-order valence-corrected chi connectivity index (χ0v) is 17.4. The van der Waals surface area contributed by atoms with E-state index in [1.54, 1.807) is 7.05 Å². The molecule has 0 radical (unpaired) electrons. The number of amides is 1. The number of imidazole rings is 1. The van der Waals surface area contributed by atoms with E-state index in [1.807, 2.05) is 0 Å². The Morgan fingerprint density at radius 3 is 2.45 bits per heavy atom. The first-order valence-corrected chi connectivity index (χ1v) is 10.1. The number of rotatable bonds is 2. The molecule has 2 atom stereocenters. The third-order valence-corrected chi connectivity index (χ3v) is 6.23. The first-order chi connectivity index (χ1) is 15.5. The van der Waals surface area contributed by atoms with Crippen LogP contribution < -0.4 is 0 Å². The molecule has 2 bridgehead atoms. The standard InChI is InChI=1S/C21H17F6N5O/c1-8-28-17(19(29-8)21(25,26)27)20(33)32-10-3-4-14(32)16-11(7-10)18(31(2)30-16)9-5-12(22)15(24)13(23)6-9/h5-6,10,14H,3-4,7H2,1-2H3,(H,28,29)/t10-,14+/m1/s1. The van der Waals surface area contributed by atoms with E-state index in [2.05, 4.69) is 15.1 Å². The maximum atomic E-state index is 13.9. The maximum Gasteiger partial charge on any atom is 0.433 e. The number of H-pyrrole nitrogens is 1. The molecular weight excluding hydrogens is 452 g/mol. The highest BCUT2D eigenvalue weighted by Crippen LogP contribution is 2.47. The summed E-state index contributed by atoms with van der Waals surface area (Å²) in [5.41, 5.74) is -0.356. The summed E-state index contributed by atoms with van der Waals surface area (Å²) in [4.78, 5) is 20.5. The van der Waals surface area contributed by atoms with Gasteiger partial charge in [0.15, 0.2) is 28.8 Å². The zero-order chi connectivity index (χ0) is 23.8. The molecule has 12 heteroatoms. The number of halogens is 6. The largest absolute Gasteiger partial charge is 0.433 e. The predicted molar refractivity (Wildman–Crippen MR) is 102 cm³/mol. The van der Waals surface area contributed by atoms with Gasteiger partial charge in [0.1, 0.15) is 5.82 Å². The number of nitrogens with one attached hydrogen (secondary N) is 1. The van der Waals surface area contributed by atoms with Crippen molar-refractivity contribution in [3.8, 4) is 11.3 Å². The molecular formula is C21H17F6N5O. The van der Waals surface area contributed by atoms with Crippen molar-refractivity contribution in [3.05, 3.63) is 58.1 Å². The van der Waals surface area contributed by atoms with Crippen LogP contribution in [0, 0.1) is 24.4 Å². The van der Waals surface area contributed by atoms with Gasteiger partial charge in [-0.1, -0.05) is 0 Å². The molecule has 0 saturated carbocycles. The van der Waals surface area contributed by atoms with Gasteiger partial charge in [-0.3, -0.25) is 9.48 Å². The van der Waals surface area contributed by atoms with Crippen LogP contribution >= 0.6 is 0 Å². The molecule has 6 nitrogen and oxygen atoms in total. The third-order valence-electron chi connectivity index (χ3n) is 6.23. The van der Waals surface area contributed by atoms with Gasteiger partial charge in [0.25, 0.3) is 5.91 Å².